The third-order valence-electron chi connectivity index (χ3n) is 6.48. The van der Waals surface area contributed by atoms with Gasteiger partial charge < -0.3 is 20.1 Å². The van der Waals surface area contributed by atoms with Crippen LogP contribution in [0.4, 0.5) is 0 Å². The minimum atomic E-state index is -0.781. The fourth-order valence-corrected chi connectivity index (χ4v) is 4.83. The van der Waals surface area contributed by atoms with Crippen molar-refractivity contribution in [3.8, 4) is 17.6 Å². The van der Waals surface area contributed by atoms with Gasteiger partial charge in [0.1, 0.15) is 11.9 Å². The predicted molar refractivity (Wildman–Crippen MR) is 111 cm³/mol. The lowest BCUT2D eigenvalue weighted by molar-refractivity contribution is -0.137. The second kappa shape index (κ2) is 9.65. The summed E-state index contributed by atoms with van der Waals surface area (Å²) in [7, 11) is 0. The van der Waals surface area contributed by atoms with Crippen LogP contribution in [0.15, 0.2) is 18.2 Å². The van der Waals surface area contributed by atoms with E-state index in [-0.39, 0.29) is 30.3 Å². The van der Waals surface area contributed by atoms with E-state index in [9.17, 15) is 15.0 Å². The van der Waals surface area contributed by atoms with Gasteiger partial charge in [0.05, 0.1) is 12.2 Å². The number of benzene rings is 1. The lowest BCUT2D eigenvalue weighted by Crippen LogP contribution is -2.23. The molecular weight excluding hydrogens is 368 g/mol. The molecule has 29 heavy (non-hydrogen) atoms. The molecule has 3 rings (SSSR count). The van der Waals surface area contributed by atoms with Crippen LogP contribution in [0.1, 0.15) is 69.4 Å². The quantitative estimate of drug-likeness (QED) is 0.552. The normalized spacial score (nSPS) is 26.6. The van der Waals surface area contributed by atoms with Gasteiger partial charge in [-0.2, -0.15) is 0 Å². The third-order valence-corrected chi connectivity index (χ3v) is 6.48. The van der Waals surface area contributed by atoms with E-state index in [0.29, 0.717) is 32.1 Å². The number of hydrogen-bond donors (Lipinski definition) is 3. The van der Waals surface area contributed by atoms with E-state index in [1.54, 1.807) is 0 Å². The monoisotopic (exact) mass is 400 g/mol. The van der Waals surface area contributed by atoms with Crippen molar-refractivity contribution in [2.24, 2.45) is 11.8 Å². The fraction of sp³-hybridized carbons (Fsp3) is 0.625. The summed E-state index contributed by atoms with van der Waals surface area (Å²) < 4.78 is 6.24. The number of carboxylic acids is 1. The van der Waals surface area contributed by atoms with Crippen LogP contribution in [0, 0.1) is 23.7 Å². The Balaban J connectivity index is 1.68. The van der Waals surface area contributed by atoms with Crippen molar-refractivity contribution in [2.45, 2.75) is 83.0 Å². The summed E-state index contributed by atoms with van der Waals surface area (Å²) in [5.41, 5.74) is 2.18. The van der Waals surface area contributed by atoms with Crippen molar-refractivity contribution in [1.29, 1.82) is 0 Å². The number of aliphatic hydroxyl groups is 2. The molecule has 0 radical (unpaired) electrons. The minimum Gasteiger partial charge on any atom is -0.489 e. The smallest absolute Gasteiger partial charge is 0.303 e. The Morgan fingerprint density at radius 3 is 2.90 bits per heavy atom. The zero-order chi connectivity index (χ0) is 21.0. The molecule has 0 saturated heterocycles. The van der Waals surface area contributed by atoms with Crippen LogP contribution in [0.3, 0.4) is 0 Å². The Kier molecular flexibility index (Phi) is 7.21. The van der Waals surface area contributed by atoms with Gasteiger partial charge in [-0.25, -0.2) is 0 Å². The largest absolute Gasteiger partial charge is 0.489 e. The van der Waals surface area contributed by atoms with E-state index in [1.165, 1.54) is 0 Å². The molecule has 5 heteroatoms. The van der Waals surface area contributed by atoms with Crippen molar-refractivity contribution in [3.63, 3.8) is 0 Å². The second-order valence-electron chi connectivity index (χ2n) is 8.48. The average Bonchev–Trinajstić information content (AvgIpc) is 3.19. The van der Waals surface area contributed by atoms with Crippen molar-refractivity contribution in [2.75, 3.05) is 0 Å². The number of para-hydroxylation sites is 1. The van der Waals surface area contributed by atoms with Crippen LogP contribution in [-0.2, 0) is 11.2 Å². The Morgan fingerprint density at radius 2 is 2.17 bits per heavy atom. The fourth-order valence-electron chi connectivity index (χ4n) is 4.83. The van der Waals surface area contributed by atoms with E-state index in [1.807, 2.05) is 26.0 Å². The first-order valence-electron chi connectivity index (χ1n) is 10.7. The number of aryl methyl sites for hydroxylation is 1. The Morgan fingerprint density at radius 1 is 1.38 bits per heavy atom. The molecular formula is C24H32O5. The van der Waals surface area contributed by atoms with Gasteiger partial charge in [0, 0.05) is 30.7 Å². The van der Waals surface area contributed by atoms with Crippen LogP contribution in [-0.4, -0.2) is 39.6 Å². The van der Waals surface area contributed by atoms with Crippen molar-refractivity contribution < 1.29 is 24.9 Å². The SMILES string of the molecule is CC#CC[C@H](C)[C@@H](O)CC[C@H]1[C@@H]2c3cccc(CCCC(=O)O)c3O[C@@H]2C[C@@H]1O. The van der Waals surface area contributed by atoms with Gasteiger partial charge in [0.25, 0.3) is 0 Å². The van der Waals surface area contributed by atoms with Crippen LogP contribution in [0.25, 0.3) is 0 Å². The van der Waals surface area contributed by atoms with Crippen LogP contribution in [0.2, 0.25) is 0 Å². The van der Waals surface area contributed by atoms with Crippen LogP contribution in [0.5, 0.6) is 5.75 Å². The highest BCUT2D eigenvalue weighted by Gasteiger charge is 2.49. The number of rotatable bonds is 9. The first-order chi connectivity index (χ1) is 13.9. The van der Waals surface area contributed by atoms with Crippen LogP contribution < -0.4 is 4.74 Å². The molecule has 1 aliphatic carbocycles. The predicted octanol–water partition coefficient (Wildman–Crippen LogP) is 3.51. The molecule has 0 aromatic heterocycles. The first-order valence-corrected chi connectivity index (χ1v) is 10.7. The van der Waals surface area contributed by atoms with Gasteiger partial charge in [0.2, 0.25) is 0 Å². The number of aliphatic carboxylic acids is 1. The highest BCUT2D eigenvalue weighted by molar-refractivity contribution is 5.66. The number of carboxylic acid groups (broad SMARTS) is 1. The maximum absolute atomic E-state index is 10.8. The van der Waals surface area contributed by atoms with Gasteiger partial charge in [-0.1, -0.05) is 25.1 Å². The van der Waals surface area contributed by atoms with Crippen molar-refractivity contribution in [3.05, 3.63) is 29.3 Å². The summed E-state index contributed by atoms with van der Waals surface area (Å²) in [6.07, 6.45) is 3.21. The van der Waals surface area contributed by atoms with Crippen molar-refractivity contribution >= 4 is 5.97 Å². The van der Waals surface area contributed by atoms with Crippen molar-refractivity contribution in [1.82, 2.24) is 0 Å². The van der Waals surface area contributed by atoms with Gasteiger partial charge in [-0.05, 0) is 50.0 Å². The number of hydrogen-bond acceptors (Lipinski definition) is 4. The molecule has 158 valence electrons. The lowest BCUT2D eigenvalue weighted by atomic mass is 9.82. The third kappa shape index (κ3) is 4.94. The molecule has 0 unspecified atom stereocenters. The number of fused-ring (bicyclic) bond motifs is 3. The molecule has 6 atom stereocenters. The molecule has 1 aliphatic heterocycles. The minimum absolute atomic E-state index is 0.0360. The van der Waals surface area contributed by atoms with E-state index in [2.05, 4.69) is 17.9 Å². The summed E-state index contributed by atoms with van der Waals surface area (Å²) in [4.78, 5) is 10.8. The number of aliphatic hydroxyl groups excluding tert-OH is 2. The lowest BCUT2D eigenvalue weighted by Gasteiger charge is -2.24. The molecule has 0 amide bonds. The highest BCUT2D eigenvalue weighted by Crippen LogP contribution is 2.53. The molecule has 1 aromatic rings. The van der Waals surface area contributed by atoms with Crippen LogP contribution >= 0.6 is 0 Å². The molecule has 1 aromatic carbocycles. The molecule has 0 spiro atoms. The summed E-state index contributed by atoms with van der Waals surface area (Å²) in [6, 6.07) is 6.08. The van der Waals surface area contributed by atoms with E-state index < -0.39 is 18.2 Å². The molecule has 2 aliphatic rings. The second-order valence-corrected chi connectivity index (χ2v) is 8.48. The Labute approximate surface area is 173 Å². The van der Waals surface area contributed by atoms with Gasteiger partial charge in [-0.3, -0.25) is 4.79 Å². The van der Waals surface area contributed by atoms with Gasteiger partial charge >= 0.3 is 5.97 Å². The zero-order valence-electron chi connectivity index (χ0n) is 17.3. The maximum atomic E-state index is 10.8. The summed E-state index contributed by atoms with van der Waals surface area (Å²) >= 11 is 0. The van der Waals surface area contributed by atoms with Gasteiger partial charge in [0.15, 0.2) is 0 Å². The van der Waals surface area contributed by atoms with E-state index in [0.717, 1.165) is 23.3 Å². The Bertz CT molecular complexity index is 777. The van der Waals surface area contributed by atoms with E-state index >= 15 is 0 Å². The van der Waals surface area contributed by atoms with E-state index in [4.69, 9.17) is 9.84 Å². The Hall–Kier alpha value is -2.03. The number of carbonyl (C=O) groups is 1. The number of ether oxygens (including phenoxy) is 1. The molecule has 1 fully saturated rings. The molecule has 1 heterocycles. The summed E-state index contributed by atoms with van der Waals surface area (Å²) in [5, 5.41) is 30.0. The maximum Gasteiger partial charge on any atom is 0.303 e. The molecule has 5 nitrogen and oxygen atoms in total. The highest BCUT2D eigenvalue weighted by atomic mass is 16.5. The van der Waals surface area contributed by atoms with Gasteiger partial charge in [-0.15, -0.1) is 11.8 Å². The zero-order valence-corrected chi connectivity index (χ0v) is 17.3. The molecule has 1 saturated carbocycles. The first kappa shape index (κ1) is 21.7. The molecule has 0 bridgehead atoms. The standard InChI is InChI=1S/C24H32O5/c1-3-4-7-15(2)19(25)13-12-17-20(26)14-21-23(17)18-10-5-8-16(24(18)29-21)9-6-11-22(27)28/h5,8,10,15,17,19-21,23,25-26H,6-7,9,11-14H2,1-2H3,(H,27,28)/t15-,17+,19-,20-,21+,23+/m0/s1. The summed E-state index contributed by atoms with van der Waals surface area (Å²) in [5.74, 6) is 6.33. The average molecular weight is 401 g/mol. The molecule has 3 N–H and O–H groups in total. The summed E-state index contributed by atoms with van der Waals surface area (Å²) in [6.45, 7) is 3.82. The topological polar surface area (TPSA) is 87.0 Å².